The molecule has 1 aromatic rings. The van der Waals surface area contributed by atoms with Crippen molar-refractivity contribution in [2.75, 3.05) is 6.54 Å². The van der Waals surface area contributed by atoms with E-state index in [1.165, 1.54) is 19.1 Å². The summed E-state index contributed by atoms with van der Waals surface area (Å²) in [5.74, 6) is 0.0680. The molecule has 0 spiro atoms. The van der Waals surface area contributed by atoms with Gasteiger partial charge in [0.25, 0.3) is 5.69 Å². The highest BCUT2D eigenvalue weighted by molar-refractivity contribution is 5.72. The first-order chi connectivity index (χ1) is 7.50. The Morgan fingerprint density at radius 3 is 2.44 bits per heavy atom. The molecule has 1 atom stereocenters. The molecule has 0 aromatic heterocycles. The highest BCUT2D eigenvalue weighted by Gasteiger charge is 2.09. The zero-order chi connectivity index (χ0) is 12.1. The lowest BCUT2D eigenvalue weighted by Gasteiger charge is -2.11. The molecule has 0 aliphatic heterocycles. The Morgan fingerprint density at radius 2 is 2.00 bits per heavy atom. The van der Waals surface area contributed by atoms with E-state index >= 15 is 0 Å². The number of nitro benzene ring substituents is 1. The SMILES string of the molecule is CC(=O)NC[C@@H](C)c1ccc([N+](=O)[O-])cc1. The van der Waals surface area contributed by atoms with Gasteiger partial charge in [0.1, 0.15) is 0 Å². The van der Waals surface area contributed by atoms with E-state index in [0.29, 0.717) is 6.54 Å². The standard InChI is InChI=1S/C11H14N2O3/c1-8(7-12-9(2)14)10-3-5-11(6-4-10)13(15)16/h3-6,8H,7H2,1-2H3,(H,12,14)/t8-/m1/s1. The summed E-state index contributed by atoms with van der Waals surface area (Å²) in [4.78, 5) is 20.7. The van der Waals surface area contributed by atoms with Gasteiger partial charge in [0, 0.05) is 25.6 Å². The van der Waals surface area contributed by atoms with Crippen LogP contribution in [0.15, 0.2) is 24.3 Å². The number of hydrogen-bond donors (Lipinski definition) is 1. The molecule has 0 saturated heterocycles. The van der Waals surface area contributed by atoms with Crippen molar-refractivity contribution in [1.82, 2.24) is 5.32 Å². The van der Waals surface area contributed by atoms with Crippen LogP contribution in [0.25, 0.3) is 0 Å². The molecule has 0 heterocycles. The van der Waals surface area contributed by atoms with Crippen LogP contribution >= 0.6 is 0 Å². The van der Waals surface area contributed by atoms with Crippen molar-refractivity contribution >= 4 is 11.6 Å². The summed E-state index contributed by atoms with van der Waals surface area (Å²) < 4.78 is 0. The predicted octanol–water partition coefficient (Wildman–Crippen LogP) is 1.83. The summed E-state index contributed by atoms with van der Waals surface area (Å²) in [6.45, 7) is 3.95. The second-order valence-corrected chi connectivity index (χ2v) is 3.69. The van der Waals surface area contributed by atoms with Crippen molar-refractivity contribution in [1.29, 1.82) is 0 Å². The normalized spacial score (nSPS) is 11.9. The van der Waals surface area contributed by atoms with Crippen LogP contribution in [0.2, 0.25) is 0 Å². The molecule has 0 fully saturated rings. The molecule has 1 amide bonds. The van der Waals surface area contributed by atoms with E-state index in [4.69, 9.17) is 0 Å². The van der Waals surface area contributed by atoms with Gasteiger partial charge >= 0.3 is 0 Å². The summed E-state index contributed by atoms with van der Waals surface area (Å²) in [5, 5.41) is 13.2. The Labute approximate surface area is 93.6 Å². The van der Waals surface area contributed by atoms with Gasteiger partial charge in [-0.1, -0.05) is 19.1 Å². The molecule has 0 aliphatic rings. The van der Waals surface area contributed by atoms with Crippen molar-refractivity contribution in [2.45, 2.75) is 19.8 Å². The van der Waals surface area contributed by atoms with E-state index in [2.05, 4.69) is 5.32 Å². The van der Waals surface area contributed by atoms with Crippen LogP contribution in [-0.2, 0) is 4.79 Å². The molecule has 0 saturated carbocycles. The smallest absolute Gasteiger partial charge is 0.269 e. The summed E-state index contributed by atoms with van der Waals surface area (Å²) in [5.41, 5.74) is 1.05. The van der Waals surface area contributed by atoms with Crippen molar-refractivity contribution in [3.05, 3.63) is 39.9 Å². The Morgan fingerprint density at radius 1 is 1.44 bits per heavy atom. The molecule has 5 nitrogen and oxygen atoms in total. The summed E-state index contributed by atoms with van der Waals surface area (Å²) in [6, 6.07) is 6.37. The van der Waals surface area contributed by atoms with Crippen LogP contribution in [0.5, 0.6) is 0 Å². The van der Waals surface area contributed by atoms with Crippen LogP contribution in [0.1, 0.15) is 25.3 Å². The molecule has 0 bridgehead atoms. The third kappa shape index (κ3) is 3.34. The van der Waals surface area contributed by atoms with Crippen molar-refractivity contribution in [3.63, 3.8) is 0 Å². The number of benzene rings is 1. The monoisotopic (exact) mass is 222 g/mol. The van der Waals surface area contributed by atoms with Gasteiger partial charge in [0.15, 0.2) is 0 Å². The lowest BCUT2D eigenvalue weighted by Crippen LogP contribution is -2.24. The van der Waals surface area contributed by atoms with Gasteiger partial charge in [-0.15, -0.1) is 0 Å². The second-order valence-electron chi connectivity index (χ2n) is 3.69. The second kappa shape index (κ2) is 5.25. The number of amides is 1. The van der Waals surface area contributed by atoms with Crippen LogP contribution in [0.4, 0.5) is 5.69 Å². The number of nitro groups is 1. The quantitative estimate of drug-likeness (QED) is 0.624. The zero-order valence-corrected chi connectivity index (χ0v) is 9.27. The number of nitrogens with zero attached hydrogens (tertiary/aromatic N) is 1. The first kappa shape index (κ1) is 12.2. The lowest BCUT2D eigenvalue weighted by molar-refractivity contribution is -0.384. The molecule has 0 radical (unpaired) electrons. The van der Waals surface area contributed by atoms with Crippen LogP contribution in [0, 0.1) is 10.1 Å². The Balaban J connectivity index is 2.66. The fourth-order valence-corrected chi connectivity index (χ4v) is 1.34. The third-order valence-electron chi connectivity index (χ3n) is 2.33. The highest BCUT2D eigenvalue weighted by Crippen LogP contribution is 2.18. The number of carbonyl (C=O) groups excluding carboxylic acids is 1. The summed E-state index contributed by atoms with van der Waals surface area (Å²) in [7, 11) is 0. The summed E-state index contributed by atoms with van der Waals surface area (Å²) in [6.07, 6.45) is 0. The molecule has 1 aromatic carbocycles. The maximum atomic E-state index is 10.7. The predicted molar refractivity (Wildman–Crippen MR) is 60.2 cm³/mol. The average molecular weight is 222 g/mol. The van der Waals surface area contributed by atoms with Gasteiger partial charge in [0.05, 0.1) is 4.92 Å². The molecule has 86 valence electrons. The van der Waals surface area contributed by atoms with Gasteiger partial charge in [-0.25, -0.2) is 0 Å². The van der Waals surface area contributed by atoms with E-state index in [9.17, 15) is 14.9 Å². The van der Waals surface area contributed by atoms with E-state index < -0.39 is 4.92 Å². The number of nitrogens with one attached hydrogen (secondary N) is 1. The van der Waals surface area contributed by atoms with Crippen LogP contribution < -0.4 is 5.32 Å². The molecular weight excluding hydrogens is 208 g/mol. The fourth-order valence-electron chi connectivity index (χ4n) is 1.34. The maximum absolute atomic E-state index is 10.7. The minimum absolute atomic E-state index is 0.0752. The molecule has 0 aliphatic carbocycles. The zero-order valence-electron chi connectivity index (χ0n) is 9.27. The molecule has 1 rings (SSSR count). The van der Waals surface area contributed by atoms with Crippen molar-refractivity contribution in [2.24, 2.45) is 0 Å². The van der Waals surface area contributed by atoms with Gasteiger partial charge < -0.3 is 5.32 Å². The molecule has 0 unspecified atom stereocenters. The number of rotatable bonds is 4. The van der Waals surface area contributed by atoms with E-state index in [0.717, 1.165) is 5.56 Å². The first-order valence-electron chi connectivity index (χ1n) is 4.99. The average Bonchev–Trinajstić information content (AvgIpc) is 2.26. The molecular formula is C11H14N2O3. The van der Waals surface area contributed by atoms with Crippen molar-refractivity contribution < 1.29 is 9.72 Å². The van der Waals surface area contributed by atoms with Gasteiger partial charge in [-0.2, -0.15) is 0 Å². The van der Waals surface area contributed by atoms with Crippen LogP contribution in [0.3, 0.4) is 0 Å². The molecule has 5 heteroatoms. The Hall–Kier alpha value is -1.91. The Bertz CT molecular complexity index is 387. The largest absolute Gasteiger partial charge is 0.356 e. The first-order valence-corrected chi connectivity index (χ1v) is 4.99. The number of carbonyl (C=O) groups is 1. The van der Waals surface area contributed by atoms with Gasteiger partial charge in [-0.05, 0) is 11.5 Å². The lowest BCUT2D eigenvalue weighted by atomic mass is 10.0. The third-order valence-corrected chi connectivity index (χ3v) is 2.33. The minimum atomic E-state index is -0.428. The topological polar surface area (TPSA) is 72.2 Å². The molecule has 16 heavy (non-hydrogen) atoms. The van der Waals surface area contributed by atoms with E-state index in [1.54, 1.807) is 12.1 Å². The van der Waals surface area contributed by atoms with Gasteiger partial charge in [-0.3, -0.25) is 14.9 Å². The highest BCUT2D eigenvalue weighted by atomic mass is 16.6. The van der Waals surface area contributed by atoms with E-state index in [-0.39, 0.29) is 17.5 Å². The van der Waals surface area contributed by atoms with Crippen molar-refractivity contribution in [3.8, 4) is 0 Å². The number of non-ortho nitro benzene ring substituents is 1. The maximum Gasteiger partial charge on any atom is 0.269 e. The number of hydrogen-bond acceptors (Lipinski definition) is 3. The summed E-state index contributed by atoms with van der Waals surface area (Å²) >= 11 is 0. The van der Waals surface area contributed by atoms with E-state index in [1.807, 2.05) is 6.92 Å². The van der Waals surface area contributed by atoms with Gasteiger partial charge in [0.2, 0.25) is 5.91 Å². The Kier molecular flexibility index (Phi) is 3.99. The molecule has 1 N–H and O–H groups in total. The minimum Gasteiger partial charge on any atom is -0.356 e. The van der Waals surface area contributed by atoms with Crippen LogP contribution in [-0.4, -0.2) is 17.4 Å². The fraction of sp³-hybridized carbons (Fsp3) is 0.364.